The van der Waals surface area contributed by atoms with E-state index in [0.29, 0.717) is 0 Å². The van der Waals surface area contributed by atoms with Crippen molar-refractivity contribution in [2.75, 3.05) is 31.6 Å². The third-order valence-electron chi connectivity index (χ3n) is 4.43. The third-order valence-corrected chi connectivity index (χ3v) is 8.53. The van der Waals surface area contributed by atoms with Crippen LogP contribution in [0.1, 0.15) is 33.3 Å². The Balaban J connectivity index is 3.87. The highest BCUT2D eigenvalue weighted by Crippen LogP contribution is 2.32. The summed E-state index contributed by atoms with van der Waals surface area (Å²) in [6, 6.07) is 5.58. The molecule has 0 saturated heterocycles. The lowest BCUT2D eigenvalue weighted by Crippen LogP contribution is -2.33. The first-order chi connectivity index (χ1) is 14.0. The van der Waals surface area contributed by atoms with Gasteiger partial charge in [-0.3, -0.25) is 5.43 Å². The standard InChI is InChI=1S/C18H26N6O4S2/c1-6-23(7-2)29(25,26)16-10-14(5)18(22-21-15(12-19)13-20)17(11-16)30(27,28)24(8-3)9-4/h10-11,22H,6-9H2,1-5H3. The Morgan fingerprint density at radius 1 is 0.933 bits per heavy atom. The maximum Gasteiger partial charge on any atom is 0.245 e. The van der Waals surface area contributed by atoms with E-state index >= 15 is 0 Å². The summed E-state index contributed by atoms with van der Waals surface area (Å²) in [4.78, 5) is -0.458. The minimum atomic E-state index is -4.08. The smallest absolute Gasteiger partial charge is 0.245 e. The summed E-state index contributed by atoms with van der Waals surface area (Å²) in [5.41, 5.74) is 2.25. The first kappa shape index (κ1) is 25.5. The number of nitriles is 2. The summed E-state index contributed by atoms with van der Waals surface area (Å²) in [6.07, 6.45) is 0. The Labute approximate surface area is 178 Å². The van der Waals surface area contributed by atoms with Crippen molar-refractivity contribution in [3.8, 4) is 12.1 Å². The zero-order chi connectivity index (χ0) is 23.1. The van der Waals surface area contributed by atoms with Gasteiger partial charge in [0.15, 0.2) is 0 Å². The average molecular weight is 455 g/mol. The lowest BCUT2D eigenvalue weighted by Gasteiger charge is -2.23. The molecule has 164 valence electrons. The molecule has 0 aromatic heterocycles. The molecule has 0 aliphatic rings. The van der Waals surface area contributed by atoms with Gasteiger partial charge in [-0.2, -0.15) is 24.2 Å². The van der Waals surface area contributed by atoms with Gasteiger partial charge in [0.05, 0.1) is 10.6 Å². The molecule has 1 rings (SSSR count). The third kappa shape index (κ3) is 5.15. The van der Waals surface area contributed by atoms with Crippen molar-refractivity contribution in [3.05, 3.63) is 17.7 Å². The van der Waals surface area contributed by atoms with E-state index in [-0.39, 0.29) is 47.2 Å². The Kier molecular flexibility index (Phi) is 8.93. The molecule has 12 heteroatoms. The molecule has 0 aliphatic carbocycles. The quantitative estimate of drug-likeness (QED) is 0.419. The van der Waals surface area contributed by atoms with Gasteiger partial charge in [0.25, 0.3) is 0 Å². The van der Waals surface area contributed by atoms with Gasteiger partial charge in [-0.1, -0.05) is 27.7 Å². The van der Waals surface area contributed by atoms with Gasteiger partial charge < -0.3 is 0 Å². The van der Waals surface area contributed by atoms with Gasteiger partial charge in [-0.15, -0.1) is 0 Å². The van der Waals surface area contributed by atoms with Crippen LogP contribution in [0.2, 0.25) is 0 Å². The van der Waals surface area contributed by atoms with Crippen LogP contribution in [0.5, 0.6) is 0 Å². The van der Waals surface area contributed by atoms with E-state index in [1.807, 2.05) is 0 Å². The largest absolute Gasteiger partial charge is 0.275 e. The summed E-state index contributed by atoms with van der Waals surface area (Å²) >= 11 is 0. The number of hydrogen-bond acceptors (Lipinski definition) is 8. The van der Waals surface area contributed by atoms with Gasteiger partial charge in [0, 0.05) is 26.2 Å². The van der Waals surface area contributed by atoms with Crippen LogP contribution >= 0.6 is 0 Å². The molecule has 1 N–H and O–H groups in total. The fourth-order valence-electron chi connectivity index (χ4n) is 2.82. The van der Waals surface area contributed by atoms with Crippen molar-refractivity contribution >= 4 is 31.4 Å². The number of sulfonamides is 2. The fourth-order valence-corrected chi connectivity index (χ4v) is 6.16. The second-order valence-electron chi connectivity index (χ2n) is 6.09. The average Bonchev–Trinajstić information content (AvgIpc) is 2.70. The minimum Gasteiger partial charge on any atom is -0.275 e. The zero-order valence-corrected chi connectivity index (χ0v) is 19.3. The van der Waals surface area contributed by atoms with Gasteiger partial charge in [-0.05, 0) is 24.6 Å². The molecule has 0 spiro atoms. The molecule has 1 aromatic carbocycles. The van der Waals surface area contributed by atoms with Crippen molar-refractivity contribution in [2.24, 2.45) is 5.10 Å². The number of hydrogen-bond donors (Lipinski definition) is 1. The van der Waals surface area contributed by atoms with E-state index < -0.39 is 25.8 Å². The van der Waals surface area contributed by atoms with Crippen LogP contribution < -0.4 is 5.43 Å². The highest BCUT2D eigenvalue weighted by molar-refractivity contribution is 7.90. The Morgan fingerprint density at radius 3 is 1.83 bits per heavy atom. The number of rotatable bonds is 10. The van der Waals surface area contributed by atoms with Crippen LogP contribution in [0.15, 0.2) is 27.0 Å². The topological polar surface area (TPSA) is 147 Å². The molecule has 0 fully saturated rings. The maximum absolute atomic E-state index is 13.2. The summed E-state index contributed by atoms with van der Waals surface area (Å²) < 4.78 is 54.9. The molecule has 0 saturated carbocycles. The molecule has 10 nitrogen and oxygen atoms in total. The number of anilines is 1. The molecule has 0 heterocycles. The molecule has 0 unspecified atom stereocenters. The predicted molar refractivity (Wildman–Crippen MR) is 114 cm³/mol. The Bertz CT molecular complexity index is 1070. The molecule has 1 aromatic rings. The molecule has 0 amide bonds. The van der Waals surface area contributed by atoms with Crippen LogP contribution in [0.4, 0.5) is 5.69 Å². The van der Waals surface area contributed by atoms with Gasteiger partial charge in [0.1, 0.15) is 17.0 Å². The lowest BCUT2D eigenvalue weighted by molar-refractivity contribution is 0.443. The minimum absolute atomic E-state index is 0.00315. The van der Waals surface area contributed by atoms with Crippen molar-refractivity contribution in [1.82, 2.24) is 8.61 Å². The first-order valence-corrected chi connectivity index (χ1v) is 12.2. The number of nitrogens with zero attached hydrogens (tertiary/aromatic N) is 5. The molecular weight excluding hydrogens is 428 g/mol. The zero-order valence-electron chi connectivity index (χ0n) is 17.7. The summed E-state index contributed by atoms with van der Waals surface area (Å²) in [6.45, 7) is 9.05. The molecule has 0 radical (unpaired) electrons. The normalized spacial score (nSPS) is 11.8. The lowest BCUT2D eigenvalue weighted by atomic mass is 10.2. The number of nitrogens with one attached hydrogen (secondary N) is 1. The van der Waals surface area contributed by atoms with Crippen LogP contribution in [0.3, 0.4) is 0 Å². The number of aryl methyl sites for hydroxylation is 1. The summed E-state index contributed by atoms with van der Waals surface area (Å²) in [5.74, 6) is 0. The highest BCUT2D eigenvalue weighted by atomic mass is 32.2. The summed E-state index contributed by atoms with van der Waals surface area (Å²) in [5, 5.41) is 21.4. The van der Waals surface area contributed by atoms with Crippen molar-refractivity contribution in [2.45, 2.75) is 44.4 Å². The van der Waals surface area contributed by atoms with Gasteiger partial charge in [0.2, 0.25) is 25.8 Å². The molecule has 30 heavy (non-hydrogen) atoms. The van der Waals surface area contributed by atoms with Crippen molar-refractivity contribution in [1.29, 1.82) is 10.5 Å². The summed E-state index contributed by atoms with van der Waals surface area (Å²) in [7, 11) is -8.01. The molecule has 0 atom stereocenters. The van der Waals surface area contributed by atoms with Crippen LogP contribution in [-0.4, -0.2) is 57.3 Å². The van der Waals surface area contributed by atoms with Crippen molar-refractivity contribution < 1.29 is 16.8 Å². The SMILES string of the molecule is CCN(CC)S(=O)(=O)c1cc(C)c(NN=C(C#N)C#N)c(S(=O)(=O)N(CC)CC)c1. The predicted octanol–water partition coefficient (Wildman–Crippen LogP) is 1.87. The van der Waals surface area contributed by atoms with Crippen LogP contribution in [-0.2, 0) is 20.0 Å². The van der Waals surface area contributed by atoms with E-state index in [1.54, 1.807) is 39.8 Å². The fraction of sp³-hybridized carbons (Fsp3) is 0.500. The van der Waals surface area contributed by atoms with E-state index in [1.165, 1.54) is 21.6 Å². The molecule has 0 bridgehead atoms. The van der Waals surface area contributed by atoms with Crippen LogP contribution in [0, 0.1) is 29.6 Å². The monoisotopic (exact) mass is 454 g/mol. The second kappa shape index (κ2) is 10.5. The van der Waals surface area contributed by atoms with E-state index in [0.717, 1.165) is 6.07 Å². The highest BCUT2D eigenvalue weighted by Gasteiger charge is 2.30. The second-order valence-corrected chi connectivity index (χ2v) is 9.93. The van der Waals surface area contributed by atoms with E-state index in [9.17, 15) is 16.8 Å². The van der Waals surface area contributed by atoms with Crippen LogP contribution in [0.25, 0.3) is 0 Å². The number of benzene rings is 1. The Morgan fingerprint density at radius 2 is 1.40 bits per heavy atom. The molecule has 0 aliphatic heterocycles. The van der Waals surface area contributed by atoms with E-state index in [2.05, 4.69) is 10.5 Å². The molecular formula is C18H26N6O4S2. The Hall–Kier alpha value is -2.51. The van der Waals surface area contributed by atoms with E-state index in [4.69, 9.17) is 10.5 Å². The van der Waals surface area contributed by atoms with Gasteiger partial charge in [-0.25, -0.2) is 16.8 Å². The first-order valence-electron chi connectivity index (χ1n) is 9.33. The van der Waals surface area contributed by atoms with Crippen molar-refractivity contribution in [3.63, 3.8) is 0 Å². The maximum atomic E-state index is 13.2. The number of hydrazone groups is 1. The van der Waals surface area contributed by atoms with Gasteiger partial charge >= 0.3 is 0 Å².